The van der Waals surface area contributed by atoms with Gasteiger partial charge < -0.3 is 19.2 Å². The minimum atomic E-state index is -1.06. The van der Waals surface area contributed by atoms with Gasteiger partial charge in [-0.1, -0.05) is 36.4 Å². The Balaban J connectivity index is 1.50. The van der Waals surface area contributed by atoms with Gasteiger partial charge in [-0.25, -0.2) is 0 Å². The molecule has 1 aliphatic rings. The zero-order valence-electron chi connectivity index (χ0n) is 20.9. The van der Waals surface area contributed by atoms with Gasteiger partial charge in [0, 0.05) is 17.7 Å². The van der Waals surface area contributed by atoms with Crippen molar-refractivity contribution in [1.82, 2.24) is 4.90 Å². The lowest BCUT2D eigenvalue weighted by Gasteiger charge is -2.24. The molecule has 1 aromatic heterocycles. The van der Waals surface area contributed by atoms with Crippen molar-refractivity contribution >= 4 is 23.1 Å². The van der Waals surface area contributed by atoms with Gasteiger partial charge in [-0.3, -0.25) is 19.7 Å². The lowest BCUT2D eigenvalue weighted by atomic mass is 9.95. The van der Waals surface area contributed by atoms with Crippen LogP contribution in [0.5, 0.6) is 5.75 Å². The minimum absolute atomic E-state index is 0.0621. The van der Waals surface area contributed by atoms with Gasteiger partial charge in [0.25, 0.3) is 17.4 Å². The van der Waals surface area contributed by atoms with E-state index in [-0.39, 0.29) is 17.8 Å². The molecule has 9 heteroatoms. The van der Waals surface area contributed by atoms with Gasteiger partial charge in [0.05, 0.1) is 29.3 Å². The number of aryl methyl sites for hydroxylation is 1. The number of aliphatic hydroxyl groups excluding tert-OH is 1. The molecule has 0 radical (unpaired) electrons. The van der Waals surface area contributed by atoms with E-state index >= 15 is 0 Å². The number of likely N-dealkylation sites (tertiary alicyclic amines) is 1. The number of rotatable bonds is 8. The van der Waals surface area contributed by atoms with Crippen LogP contribution >= 0.6 is 0 Å². The minimum Gasteiger partial charge on any atom is -0.507 e. The standard InChI is InChI=1S/C30H24N2O7/c1-19-6-2-3-7-22(19)18-39-24-13-11-20(12-14-24)28(33)26-27(21-8-4-9-23(16-21)32(36)37)31(30(35)29(26)34)17-25-10-5-15-38-25/h2-16,27,33H,17-18H2,1H3/b28-26+. The summed E-state index contributed by atoms with van der Waals surface area (Å²) >= 11 is 0. The maximum absolute atomic E-state index is 13.2. The van der Waals surface area contributed by atoms with Gasteiger partial charge >= 0.3 is 0 Å². The van der Waals surface area contributed by atoms with Crippen molar-refractivity contribution in [3.8, 4) is 5.75 Å². The van der Waals surface area contributed by atoms with Crippen LogP contribution in [0.2, 0.25) is 0 Å². The molecule has 196 valence electrons. The SMILES string of the molecule is Cc1ccccc1COc1ccc(/C(O)=C2\C(=O)C(=O)N(Cc3ccco3)C2c2cccc([N+](=O)[O-])c2)cc1. The van der Waals surface area contributed by atoms with Crippen molar-refractivity contribution < 1.29 is 28.8 Å². The van der Waals surface area contributed by atoms with Crippen LogP contribution in [0.25, 0.3) is 5.76 Å². The van der Waals surface area contributed by atoms with E-state index in [0.29, 0.717) is 29.2 Å². The molecule has 4 aromatic rings. The molecule has 1 atom stereocenters. The van der Waals surface area contributed by atoms with Crippen molar-refractivity contribution in [2.75, 3.05) is 0 Å². The van der Waals surface area contributed by atoms with Crippen molar-refractivity contribution in [2.24, 2.45) is 0 Å². The van der Waals surface area contributed by atoms with E-state index in [2.05, 4.69) is 0 Å². The van der Waals surface area contributed by atoms with Crippen LogP contribution in [-0.2, 0) is 22.7 Å². The molecular formula is C30H24N2O7. The summed E-state index contributed by atoms with van der Waals surface area (Å²) in [5, 5.41) is 22.7. The van der Waals surface area contributed by atoms with Gasteiger partial charge in [0.1, 0.15) is 23.9 Å². The van der Waals surface area contributed by atoms with Crippen molar-refractivity contribution in [1.29, 1.82) is 0 Å². The smallest absolute Gasteiger partial charge is 0.296 e. The van der Waals surface area contributed by atoms with Gasteiger partial charge in [-0.2, -0.15) is 0 Å². The van der Waals surface area contributed by atoms with Crippen LogP contribution in [-0.4, -0.2) is 26.6 Å². The molecule has 2 heterocycles. The van der Waals surface area contributed by atoms with Gasteiger partial charge in [-0.05, 0) is 60.0 Å². The Hall–Kier alpha value is -5.18. The fourth-order valence-corrected chi connectivity index (χ4v) is 4.57. The Morgan fingerprint density at radius 3 is 2.49 bits per heavy atom. The number of hydrogen-bond donors (Lipinski definition) is 1. The largest absolute Gasteiger partial charge is 0.507 e. The number of Topliss-reactive ketones (excluding diaryl/α,β-unsaturated/α-hetero) is 1. The molecule has 0 aliphatic carbocycles. The second-order valence-electron chi connectivity index (χ2n) is 9.10. The van der Waals surface area contributed by atoms with Crippen LogP contribution < -0.4 is 4.74 Å². The molecule has 1 N–H and O–H groups in total. The van der Waals surface area contributed by atoms with Crippen molar-refractivity contribution in [3.05, 3.63) is 135 Å². The predicted molar refractivity (Wildman–Crippen MR) is 142 cm³/mol. The van der Waals surface area contributed by atoms with E-state index in [1.165, 1.54) is 29.4 Å². The first-order valence-corrected chi connectivity index (χ1v) is 12.2. The van der Waals surface area contributed by atoms with Gasteiger partial charge in [-0.15, -0.1) is 0 Å². The molecule has 39 heavy (non-hydrogen) atoms. The van der Waals surface area contributed by atoms with E-state index in [1.807, 2.05) is 31.2 Å². The first-order valence-electron chi connectivity index (χ1n) is 12.2. The molecule has 0 bridgehead atoms. The third-order valence-electron chi connectivity index (χ3n) is 6.63. The maximum atomic E-state index is 13.2. The molecule has 9 nitrogen and oxygen atoms in total. The van der Waals surface area contributed by atoms with Crippen molar-refractivity contribution in [3.63, 3.8) is 0 Å². The second-order valence-corrected chi connectivity index (χ2v) is 9.10. The molecule has 1 saturated heterocycles. The quantitative estimate of drug-likeness (QED) is 0.103. The number of nitrogens with zero attached hydrogens (tertiary/aromatic N) is 2. The summed E-state index contributed by atoms with van der Waals surface area (Å²) in [5.41, 5.74) is 2.39. The number of aliphatic hydroxyl groups is 1. The highest BCUT2D eigenvalue weighted by molar-refractivity contribution is 6.46. The molecule has 0 spiro atoms. The number of furan rings is 1. The fourth-order valence-electron chi connectivity index (χ4n) is 4.57. The van der Waals surface area contributed by atoms with Gasteiger partial charge in [0.2, 0.25) is 0 Å². The van der Waals surface area contributed by atoms with Crippen LogP contribution in [0.4, 0.5) is 5.69 Å². The molecular weight excluding hydrogens is 500 g/mol. The molecule has 0 saturated carbocycles. The Morgan fingerprint density at radius 1 is 1.03 bits per heavy atom. The summed E-state index contributed by atoms with van der Waals surface area (Å²) in [5.74, 6) is -1.15. The maximum Gasteiger partial charge on any atom is 0.296 e. The Morgan fingerprint density at radius 2 is 1.79 bits per heavy atom. The average Bonchev–Trinajstić information content (AvgIpc) is 3.55. The van der Waals surface area contributed by atoms with Crippen LogP contribution in [0, 0.1) is 17.0 Å². The third-order valence-corrected chi connectivity index (χ3v) is 6.63. The predicted octanol–water partition coefficient (Wildman–Crippen LogP) is 5.70. The van der Waals surface area contributed by atoms with Crippen LogP contribution in [0.1, 0.15) is 34.1 Å². The molecule has 1 fully saturated rings. The second kappa shape index (κ2) is 10.7. The number of nitro groups is 1. The van der Waals surface area contributed by atoms with Crippen molar-refractivity contribution in [2.45, 2.75) is 26.1 Å². The number of hydrogen-bond acceptors (Lipinski definition) is 7. The summed E-state index contributed by atoms with van der Waals surface area (Å²) in [6.45, 7) is 2.30. The lowest BCUT2D eigenvalue weighted by molar-refractivity contribution is -0.384. The highest BCUT2D eigenvalue weighted by atomic mass is 16.6. The number of non-ortho nitro benzene ring substituents is 1. The molecule has 5 rings (SSSR count). The van der Waals surface area contributed by atoms with E-state index in [4.69, 9.17) is 9.15 Å². The number of benzene rings is 3. The molecule has 3 aromatic carbocycles. The Kier molecular flexibility index (Phi) is 6.96. The third kappa shape index (κ3) is 5.15. The summed E-state index contributed by atoms with van der Waals surface area (Å²) in [6.07, 6.45) is 1.44. The number of carbonyl (C=O) groups is 2. The number of amides is 1. The summed E-state index contributed by atoms with van der Waals surface area (Å²) in [7, 11) is 0. The molecule has 1 unspecified atom stereocenters. The highest BCUT2D eigenvalue weighted by Gasteiger charge is 2.46. The summed E-state index contributed by atoms with van der Waals surface area (Å²) < 4.78 is 11.2. The monoisotopic (exact) mass is 524 g/mol. The van der Waals surface area contributed by atoms with E-state index in [1.54, 1.807) is 42.5 Å². The number of ketones is 1. The van der Waals surface area contributed by atoms with E-state index < -0.39 is 28.4 Å². The summed E-state index contributed by atoms with van der Waals surface area (Å²) in [4.78, 5) is 38.5. The van der Waals surface area contributed by atoms with E-state index in [0.717, 1.165) is 11.1 Å². The average molecular weight is 525 g/mol. The first-order chi connectivity index (χ1) is 18.8. The molecule has 1 aliphatic heterocycles. The highest BCUT2D eigenvalue weighted by Crippen LogP contribution is 2.41. The van der Waals surface area contributed by atoms with Crippen LogP contribution in [0.15, 0.2) is 101 Å². The molecule has 1 amide bonds. The lowest BCUT2D eigenvalue weighted by Crippen LogP contribution is -2.29. The van der Waals surface area contributed by atoms with Gasteiger partial charge in [0.15, 0.2) is 0 Å². The van der Waals surface area contributed by atoms with Crippen LogP contribution in [0.3, 0.4) is 0 Å². The topological polar surface area (TPSA) is 123 Å². The number of carbonyl (C=O) groups excluding carboxylic acids is 2. The fraction of sp³-hybridized carbons (Fsp3) is 0.133. The first kappa shape index (κ1) is 25.5. The summed E-state index contributed by atoms with van der Waals surface area (Å²) in [6, 6.07) is 22.3. The Labute approximate surface area is 223 Å². The Bertz CT molecular complexity index is 1570. The number of nitro benzene ring substituents is 1. The zero-order chi connectivity index (χ0) is 27.5. The number of ether oxygens (including phenoxy) is 1. The zero-order valence-corrected chi connectivity index (χ0v) is 20.9. The normalized spacial score (nSPS) is 16.4. The van der Waals surface area contributed by atoms with E-state index in [9.17, 15) is 24.8 Å².